The number of hydrogen-bond donors (Lipinski definition) is 1. The molecule has 1 N–H and O–H groups in total. The van der Waals surface area contributed by atoms with Crippen molar-refractivity contribution in [3.63, 3.8) is 0 Å². The number of likely N-dealkylation sites (tertiary alicyclic amines) is 1. The normalized spacial score (nSPS) is 20.4. The van der Waals surface area contributed by atoms with Gasteiger partial charge in [-0.1, -0.05) is 11.8 Å². The van der Waals surface area contributed by atoms with Crippen LogP contribution in [0.4, 0.5) is 5.69 Å². The van der Waals surface area contributed by atoms with Gasteiger partial charge in [0.2, 0.25) is 5.91 Å². The van der Waals surface area contributed by atoms with Crippen LogP contribution >= 0.6 is 23.1 Å². The van der Waals surface area contributed by atoms with Crippen molar-refractivity contribution in [2.45, 2.75) is 43.9 Å². The Kier molecular flexibility index (Phi) is 6.50. The quantitative estimate of drug-likeness (QED) is 0.718. The molecule has 1 saturated heterocycles. The highest BCUT2D eigenvalue weighted by atomic mass is 32.2. The van der Waals surface area contributed by atoms with Gasteiger partial charge in [0.15, 0.2) is 5.17 Å². The van der Waals surface area contributed by atoms with Crippen LogP contribution in [0, 0.1) is 0 Å². The lowest BCUT2D eigenvalue weighted by molar-refractivity contribution is -0.121. The van der Waals surface area contributed by atoms with Crippen molar-refractivity contribution in [1.29, 1.82) is 0 Å². The van der Waals surface area contributed by atoms with Crippen molar-refractivity contribution in [3.05, 3.63) is 51.7 Å². The summed E-state index contributed by atoms with van der Waals surface area (Å²) >= 11 is 3.15. The van der Waals surface area contributed by atoms with E-state index < -0.39 is 5.25 Å². The second-order valence-corrected chi connectivity index (χ2v) is 10.7. The third kappa shape index (κ3) is 4.99. The topological polar surface area (TPSA) is 82.1 Å². The summed E-state index contributed by atoms with van der Waals surface area (Å²) in [6, 6.07) is 9.06. The van der Waals surface area contributed by atoms with Crippen molar-refractivity contribution in [2.24, 2.45) is 4.99 Å². The van der Waals surface area contributed by atoms with E-state index >= 15 is 0 Å². The summed E-state index contributed by atoms with van der Waals surface area (Å²) in [4.78, 5) is 47.3. The van der Waals surface area contributed by atoms with E-state index in [0.29, 0.717) is 17.8 Å². The molecule has 0 spiro atoms. The Morgan fingerprint density at radius 3 is 2.64 bits per heavy atom. The summed E-state index contributed by atoms with van der Waals surface area (Å²) < 4.78 is 0. The van der Waals surface area contributed by atoms with E-state index in [2.05, 4.69) is 26.7 Å². The first-order chi connectivity index (χ1) is 16.1. The lowest BCUT2D eigenvalue weighted by Gasteiger charge is -2.27. The van der Waals surface area contributed by atoms with E-state index in [0.717, 1.165) is 44.1 Å². The number of rotatable bonds is 4. The number of anilines is 1. The van der Waals surface area contributed by atoms with Gasteiger partial charge in [-0.05, 0) is 67.0 Å². The minimum absolute atomic E-state index is 0.0000646. The van der Waals surface area contributed by atoms with Gasteiger partial charge >= 0.3 is 0 Å². The monoisotopic (exact) mass is 482 g/mol. The number of carbonyl (C=O) groups excluding carboxylic acids is 3. The molecule has 7 nitrogen and oxygen atoms in total. The number of nitrogens with zero attached hydrogens (tertiary/aromatic N) is 3. The Morgan fingerprint density at radius 2 is 1.85 bits per heavy atom. The number of nitrogens with one attached hydrogen (secondary N) is 1. The van der Waals surface area contributed by atoms with Gasteiger partial charge in [0, 0.05) is 48.7 Å². The van der Waals surface area contributed by atoms with E-state index in [4.69, 9.17) is 0 Å². The predicted octanol–water partition coefficient (Wildman–Crippen LogP) is 3.76. The van der Waals surface area contributed by atoms with Crippen molar-refractivity contribution in [3.8, 4) is 0 Å². The summed E-state index contributed by atoms with van der Waals surface area (Å²) in [7, 11) is 0. The molecule has 0 saturated carbocycles. The van der Waals surface area contributed by atoms with Crippen LogP contribution in [0.3, 0.4) is 0 Å². The summed E-state index contributed by atoms with van der Waals surface area (Å²) in [5.74, 6) is -0.455. The van der Waals surface area contributed by atoms with Crippen LogP contribution in [0.25, 0.3) is 0 Å². The molecule has 0 bridgehead atoms. The molecule has 3 amide bonds. The first-order valence-corrected chi connectivity index (χ1v) is 13.1. The van der Waals surface area contributed by atoms with Gasteiger partial charge in [0.25, 0.3) is 11.8 Å². The maximum absolute atomic E-state index is 12.9. The molecule has 0 radical (unpaired) electrons. The van der Waals surface area contributed by atoms with E-state index in [1.807, 2.05) is 4.90 Å². The number of carbonyl (C=O) groups is 3. The maximum Gasteiger partial charge on any atom is 0.262 e. The van der Waals surface area contributed by atoms with Crippen LogP contribution in [-0.4, -0.2) is 57.6 Å². The third-order valence-electron chi connectivity index (χ3n) is 6.24. The number of benzene rings is 1. The third-order valence-corrected chi connectivity index (χ3v) is 8.47. The number of hydrogen-bond acceptors (Lipinski definition) is 6. The molecule has 1 atom stereocenters. The van der Waals surface area contributed by atoms with Crippen LogP contribution in [0.2, 0.25) is 0 Å². The maximum atomic E-state index is 12.9. The van der Waals surface area contributed by atoms with Crippen molar-refractivity contribution in [1.82, 2.24) is 9.80 Å². The van der Waals surface area contributed by atoms with Gasteiger partial charge in [0.1, 0.15) is 5.25 Å². The highest BCUT2D eigenvalue weighted by Gasteiger charge is 2.33. The molecule has 33 heavy (non-hydrogen) atoms. The van der Waals surface area contributed by atoms with Gasteiger partial charge < -0.3 is 15.1 Å². The molecule has 3 aliphatic heterocycles. The molecule has 2 aromatic rings. The number of aliphatic imine (C=N–C) groups is 1. The largest absolute Gasteiger partial charge is 0.351 e. The van der Waals surface area contributed by atoms with Gasteiger partial charge in [0.05, 0.1) is 0 Å². The Bertz CT molecular complexity index is 1090. The average molecular weight is 483 g/mol. The smallest absolute Gasteiger partial charge is 0.262 e. The summed E-state index contributed by atoms with van der Waals surface area (Å²) in [5, 5.41) is 5.21. The van der Waals surface area contributed by atoms with Crippen LogP contribution in [-0.2, 0) is 22.6 Å². The Balaban J connectivity index is 1.13. The van der Waals surface area contributed by atoms with Crippen molar-refractivity contribution < 1.29 is 14.4 Å². The van der Waals surface area contributed by atoms with E-state index in [9.17, 15) is 14.4 Å². The van der Waals surface area contributed by atoms with Crippen LogP contribution in [0.1, 0.15) is 46.5 Å². The minimum Gasteiger partial charge on any atom is -0.351 e. The first-order valence-electron chi connectivity index (χ1n) is 11.4. The number of thioether (sulfide) groups is 1. The molecular formula is C24H26N4O3S2. The molecule has 5 rings (SSSR count). The second kappa shape index (κ2) is 9.69. The van der Waals surface area contributed by atoms with Crippen LogP contribution < -0.4 is 5.32 Å². The number of amidine groups is 1. The summed E-state index contributed by atoms with van der Waals surface area (Å²) in [6.45, 7) is 3.22. The van der Waals surface area contributed by atoms with E-state index in [1.165, 1.54) is 28.6 Å². The number of amides is 3. The van der Waals surface area contributed by atoms with Gasteiger partial charge in [-0.25, -0.2) is 0 Å². The lowest BCUT2D eigenvalue weighted by atomic mass is 10.1. The molecule has 3 aliphatic rings. The SMILES string of the molecule is O=C(CC1SC(N2CCCCC2)=NC1=O)Nc1ccc(C(=O)N2CCc3sccc3C2)cc1. The minimum atomic E-state index is -0.469. The van der Waals surface area contributed by atoms with Gasteiger partial charge in [-0.2, -0.15) is 4.99 Å². The van der Waals surface area contributed by atoms with E-state index in [-0.39, 0.29) is 24.1 Å². The van der Waals surface area contributed by atoms with E-state index in [1.54, 1.807) is 35.6 Å². The lowest BCUT2D eigenvalue weighted by Crippen LogP contribution is -2.35. The van der Waals surface area contributed by atoms with Crippen molar-refractivity contribution in [2.75, 3.05) is 25.0 Å². The number of thiophene rings is 1. The highest BCUT2D eigenvalue weighted by molar-refractivity contribution is 8.15. The highest BCUT2D eigenvalue weighted by Crippen LogP contribution is 2.29. The fourth-order valence-electron chi connectivity index (χ4n) is 4.41. The zero-order valence-corrected chi connectivity index (χ0v) is 19.9. The van der Waals surface area contributed by atoms with Crippen LogP contribution in [0.5, 0.6) is 0 Å². The second-order valence-electron chi connectivity index (χ2n) is 8.56. The fourth-order valence-corrected chi connectivity index (χ4v) is 6.42. The molecule has 1 unspecified atom stereocenters. The Labute approximate surface area is 201 Å². The summed E-state index contributed by atoms with van der Waals surface area (Å²) in [5.41, 5.74) is 2.45. The number of piperidine rings is 1. The molecule has 1 fully saturated rings. The zero-order valence-electron chi connectivity index (χ0n) is 18.3. The molecular weight excluding hydrogens is 456 g/mol. The van der Waals surface area contributed by atoms with Gasteiger partial charge in [-0.3, -0.25) is 14.4 Å². The molecule has 9 heteroatoms. The standard InChI is InChI=1S/C24H26N4O3S2/c29-21(14-20-22(30)26-24(33-20)27-10-2-1-3-11-27)25-18-6-4-16(5-7-18)23(31)28-12-8-19-17(15-28)9-13-32-19/h4-7,9,13,20H,1-3,8,10-12,14-15H2,(H,25,29). The average Bonchev–Trinajstić information content (AvgIpc) is 3.45. The van der Waals surface area contributed by atoms with Crippen molar-refractivity contribution >= 4 is 51.7 Å². The predicted molar refractivity (Wildman–Crippen MR) is 132 cm³/mol. The molecule has 0 aliphatic carbocycles. The Morgan fingerprint density at radius 1 is 1.06 bits per heavy atom. The molecule has 1 aromatic heterocycles. The molecule has 172 valence electrons. The zero-order chi connectivity index (χ0) is 22.8. The van der Waals surface area contributed by atoms with Gasteiger partial charge in [-0.15, -0.1) is 11.3 Å². The summed E-state index contributed by atoms with van der Waals surface area (Å²) in [6.07, 6.45) is 4.43. The van der Waals surface area contributed by atoms with Crippen LogP contribution in [0.15, 0.2) is 40.7 Å². The Hall–Kier alpha value is -2.65. The molecule has 1 aromatic carbocycles. The number of fused-ring (bicyclic) bond motifs is 1. The molecule has 4 heterocycles. The fraction of sp³-hybridized carbons (Fsp3) is 0.417. The first kappa shape index (κ1) is 22.2.